The van der Waals surface area contributed by atoms with Crippen molar-refractivity contribution in [2.75, 3.05) is 25.7 Å². The van der Waals surface area contributed by atoms with Crippen LogP contribution in [0.3, 0.4) is 0 Å². The van der Waals surface area contributed by atoms with Crippen molar-refractivity contribution in [2.45, 2.75) is 5.79 Å². The summed E-state index contributed by atoms with van der Waals surface area (Å²) in [7, 11) is 0.0220. The Labute approximate surface area is 60.0 Å². The molecule has 1 saturated heterocycles. The predicted molar refractivity (Wildman–Crippen MR) is 35.4 cm³/mol. The smallest absolute Gasteiger partial charge is 0.195 e. The van der Waals surface area contributed by atoms with E-state index in [4.69, 9.17) is 9.47 Å². The largest absolute Gasteiger partial charge is 0.351 e. The summed E-state index contributed by atoms with van der Waals surface area (Å²) in [6.45, 7) is 0. The number of sulfone groups is 1. The van der Waals surface area contributed by atoms with Crippen molar-refractivity contribution in [1.29, 1.82) is 0 Å². The molecule has 0 unspecified atom stereocenters. The molecule has 0 saturated carbocycles. The quantitative estimate of drug-likeness (QED) is 0.514. The number of rotatable bonds is 2. The number of hydrogen-bond acceptors (Lipinski definition) is 4. The van der Waals surface area contributed by atoms with E-state index in [1.54, 1.807) is 0 Å². The van der Waals surface area contributed by atoms with Crippen LogP contribution in [0.25, 0.3) is 0 Å². The van der Waals surface area contributed by atoms with Crippen LogP contribution in [0.1, 0.15) is 0 Å². The van der Waals surface area contributed by atoms with Crippen molar-refractivity contribution in [3.8, 4) is 0 Å². The fourth-order valence-electron chi connectivity index (χ4n) is 0.947. The summed E-state index contributed by atoms with van der Waals surface area (Å²) in [5, 5.41) is 0. The summed E-state index contributed by atoms with van der Waals surface area (Å²) < 4.78 is 31.0. The average Bonchev–Trinajstić information content (AvgIpc) is 1.82. The number of hydrogen-bond donors (Lipinski definition) is 0. The molecular weight excluding hydrogens is 156 g/mol. The van der Waals surface area contributed by atoms with Gasteiger partial charge in [-0.1, -0.05) is 0 Å². The van der Waals surface area contributed by atoms with Gasteiger partial charge in [-0.3, -0.25) is 0 Å². The van der Waals surface area contributed by atoms with Gasteiger partial charge in [-0.2, -0.15) is 0 Å². The van der Waals surface area contributed by atoms with Crippen molar-refractivity contribution in [2.24, 2.45) is 0 Å². The second kappa shape index (κ2) is 2.18. The highest BCUT2D eigenvalue weighted by Crippen LogP contribution is 2.27. The first-order valence-corrected chi connectivity index (χ1v) is 4.66. The molecule has 0 bridgehead atoms. The Balaban J connectivity index is 2.63. The summed E-state index contributed by atoms with van der Waals surface area (Å²) in [5.41, 5.74) is 0. The Morgan fingerprint density at radius 1 is 1.20 bits per heavy atom. The molecule has 10 heavy (non-hydrogen) atoms. The summed E-state index contributed by atoms with van der Waals surface area (Å²) in [4.78, 5) is 0. The van der Waals surface area contributed by atoms with E-state index in [1.165, 1.54) is 14.2 Å². The van der Waals surface area contributed by atoms with E-state index >= 15 is 0 Å². The molecule has 4 nitrogen and oxygen atoms in total. The molecule has 1 aliphatic heterocycles. The lowest BCUT2D eigenvalue weighted by Crippen LogP contribution is -2.57. The van der Waals surface area contributed by atoms with Crippen molar-refractivity contribution in [3.63, 3.8) is 0 Å². The minimum absolute atomic E-state index is 0.0208. The van der Waals surface area contributed by atoms with Gasteiger partial charge in [0.1, 0.15) is 11.5 Å². The van der Waals surface area contributed by atoms with Crippen LogP contribution < -0.4 is 0 Å². The molecule has 1 fully saturated rings. The van der Waals surface area contributed by atoms with E-state index in [0.29, 0.717) is 0 Å². The van der Waals surface area contributed by atoms with Gasteiger partial charge in [0.05, 0.1) is 0 Å². The molecule has 0 aromatic carbocycles. The maximum Gasteiger partial charge on any atom is 0.195 e. The second-order valence-corrected chi connectivity index (χ2v) is 4.42. The second-order valence-electron chi connectivity index (χ2n) is 2.35. The fraction of sp³-hybridized carbons (Fsp3) is 1.00. The van der Waals surface area contributed by atoms with Gasteiger partial charge in [0, 0.05) is 14.2 Å². The molecule has 0 spiro atoms. The van der Waals surface area contributed by atoms with E-state index in [1.807, 2.05) is 0 Å². The molecule has 60 valence electrons. The minimum atomic E-state index is -2.86. The van der Waals surface area contributed by atoms with Gasteiger partial charge >= 0.3 is 0 Å². The zero-order valence-electron chi connectivity index (χ0n) is 5.96. The van der Waals surface area contributed by atoms with Crippen molar-refractivity contribution in [3.05, 3.63) is 0 Å². The molecule has 1 aliphatic rings. The van der Waals surface area contributed by atoms with E-state index in [-0.39, 0.29) is 11.5 Å². The minimum Gasteiger partial charge on any atom is -0.351 e. The predicted octanol–water partition coefficient (Wildman–Crippen LogP) is -0.596. The molecule has 0 aromatic rings. The summed E-state index contributed by atoms with van der Waals surface area (Å²) in [6, 6.07) is 0. The van der Waals surface area contributed by atoms with Crippen LogP contribution >= 0.6 is 0 Å². The van der Waals surface area contributed by atoms with Gasteiger partial charge in [0.25, 0.3) is 0 Å². The lowest BCUT2D eigenvalue weighted by Gasteiger charge is -2.37. The molecule has 0 amide bonds. The highest BCUT2D eigenvalue weighted by molar-refractivity contribution is 7.93. The van der Waals surface area contributed by atoms with Crippen molar-refractivity contribution in [1.82, 2.24) is 0 Å². The first kappa shape index (κ1) is 7.97. The molecule has 0 aliphatic carbocycles. The van der Waals surface area contributed by atoms with Gasteiger partial charge in [0.15, 0.2) is 15.6 Å². The third kappa shape index (κ3) is 1.16. The molecule has 1 rings (SSSR count). The molecule has 0 N–H and O–H groups in total. The molecular formula is C5H10O4S. The zero-order chi connectivity index (χ0) is 7.83. The van der Waals surface area contributed by atoms with Crippen LogP contribution in [0.4, 0.5) is 0 Å². The first-order chi connectivity index (χ1) is 4.54. The van der Waals surface area contributed by atoms with Gasteiger partial charge in [-0.25, -0.2) is 8.42 Å². The molecule has 0 radical (unpaired) electrons. The van der Waals surface area contributed by atoms with E-state index in [9.17, 15) is 8.42 Å². The Kier molecular flexibility index (Phi) is 1.74. The maximum absolute atomic E-state index is 10.7. The van der Waals surface area contributed by atoms with Gasteiger partial charge in [0.2, 0.25) is 0 Å². The van der Waals surface area contributed by atoms with E-state index in [0.717, 1.165) is 0 Å². The van der Waals surface area contributed by atoms with Gasteiger partial charge < -0.3 is 9.47 Å². The topological polar surface area (TPSA) is 52.6 Å². The van der Waals surface area contributed by atoms with Gasteiger partial charge in [-0.05, 0) is 0 Å². The van der Waals surface area contributed by atoms with Gasteiger partial charge in [-0.15, -0.1) is 0 Å². The monoisotopic (exact) mass is 166 g/mol. The van der Waals surface area contributed by atoms with Crippen molar-refractivity contribution < 1.29 is 17.9 Å². The number of methoxy groups -OCH3 is 2. The highest BCUT2D eigenvalue weighted by Gasteiger charge is 2.49. The van der Waals surface area contributed by atoms with Crippen LogP contribution in [0, 0.1) is 0 Å². The third-order valence-electron chi connectivity index (χ3n) is 1.62. The Morgan fingerprint density at radius 2 is 1.60 bits per heavy atom. The maximum atomic E-state index is 10.7. The Hall–Kier alpha value is -0.130. The summed E-state index contributed by atoms with van der Waals surface area (Å²) >= 11 is 0. The molecule has 0 aromatic heterocycles. The van der Waals surface area contributed by atoms with Crippen molar-refractivity contribution >= 4 is 9.84 Å². The van der Waals surface area contributed by atoms with E-state index < -0.39 is 15.6 Å². The molecule has 0 atom stereocenters. The normalized spacial score (nSPS) is 27.4. The SMILES string of the molecule is COC1(OC)CS(=O)(=O)C1. The molecule has 5 heteroatoms. The Bertz CT molecular complexity index is 200. The summed E-state index contributed by atoms with van der Waals surface area (Å²) in [6.07, 6.45) is 0. The number of ether oxygens (including phenoxy) is 2. The lowest BCUT2D eigenvalue weighted by atomic mass is 10.3. The zero-order valence-corrected chi connectivity index (χ0v) is 6.77. The molecule has 1 heterocycles. The van der Waals surface area contributed by atoms with Crippen LogP contribution in [-0.2, 0) is 19.3 Å². The van der Waals surface area contributed by atoms with Crippen LogP contribution in [0.15, 0.2) is 0 Å². The van der Waals surface area contributed by atoms with E-state index in [2.05, 4.69) is 0 Å². The first-order valence-electron chi connectivity index (χ1n) is 2.84. The van der Waals surface area contributed by atoms with Crippen LogP contribution in [0.2, 0.25) is 0 Å². The standard InChI is InChI=1S/C5H10O4S/c1-8-5(9-2)3-10(6,7)4-5/h3-4H2,1-2H3. The average molecular weight is 166 g/mol. The third-order valence-corrected chi connectivity index (χ3v) is 3.38. The summed E-state index contributed by atoms with van der Waals surface area (Å²) in [5.74, 6) is -0.890. The fourth-order valence-corrected chi connectivity index (χ4v) is 2.67. The Morgan fingerprint density at radius 3 is 1.70 bits per heavy atom. The van der Waals surface area contributed by atoms with Crippen LogP contribution in [-0.4, -0.2) is 39.9 Å². The van der Waals surface area contributed by atoms with Crippen LogP contribution in [0.5, 0.6) is 0 Å². The highest BCUT2D eigenvalue weighted by atomic mass is 32.2. The lowest BCUT2D eigenvalue weighted by molar-refractivity contribution is -0.183.